The van der Waals surface area contributed by atoms with Gasteiger partial charge >= 0.3 is 0 Å². The second-order valence-corrected chi connectivity index (χ2v) is 3.68. The Morgan fingerprint density at radius 3 is 2.76 bits per heavy atom. The van der Waals surface area contributed by atoms with E-state index in [2.05, 4.69) is 26.0 Å². The number of benzene rings is 1. The number of rotatable bonds is 4. The van der Waals surface area contributed by atoms with Crippen molar-refractivity contribution >= 4 is 0 Å². The first-order valence-corrected chi connectivity index (χ1v) is 5.28. The molecule has 0 radical (unpaired) electrons. The van der Waals surface area contributed by atoms with E-state index in [4.69, 9.17) is 5.26 Å². The highest BCUT2D eigenvalue weighted by Gasteiger charge is 2.06. The Hall–Kier alpha value is -2.19. The van der Waals surface area contributed by atoms with Crippen LogP contribution in [0.1, 0.15) is 29.9 Å². The number of nitrogens with zero attached hydrogens (tertiary/aromatic N) is 3. The molecule has 0 bridgehead atoms. The van der Waals surface area contributed by atoms with Crippen molar-refractivity contribution in [3.05, 3.63) is 47.6 Å². The van der Waals surface area contributed by atoms with E-state index in [0.29, 0.717) is 17.9 Å². The number of nitrogens with one attached hydrogen (secondary N) is 1. The maximum Gasteiger partial charge on any atom is 0.213 e. The molecule has 1 aromatic heterocycles. The van der Waals surface area contributed by atoms with Crippen LogP contribution in [-0.2, 0) is 6.54 Å². The summed E-state index contributed by atoms with van der Waals surface area (Å²) >= 11 is 0. The van der Waals surface area contributed by atoms with Crippen LogP contribution in [0.2, 0.25) is 0 Å². The summed E-state index contributed by atoms with van der Waals surface area (Å²) in [5.74, 6) is 0.630. The van der Waals surface area contributed by atoms with Crippen LogP contribution in [0.4, 0.5) is 0 Å². The summed E-state index contributed by atoms with van der Waals surface area (Å²) in [4.78, 5) is 3.93. The first-order valence-electron chi connectivity index (χ1n) is 5.28. The Bertz CT molecular complexity index is 498. The average molecular weight is 228 g/mol. The lowest BCUT2D eigenvalue weighted by Gasteiger charge is -2.12. The van der Waals surface area contributed by atoms with E-state index in [9.17, 15) is 0 Å². The molecule has 0 aliphatic heterocycles. The van der Waals surface area contributed by atoms with Crippen molar-refractivity contribution in [2.24, 2.45) is 0 Å². The van der Waals surface area contributed by atoms with Gasteiger partial charge < -0.3 is 9.84 Å². The van der Waals surface area contributed by atoms with E-state index >= 15 is 0 Å². The van der Waals surface area contributed by atoms with Crippen LogP contribution in [-0.4, -0.2) is 10.1 Å². The van der Waals surface area contributed by atoms with E-state index in [-0.39, 0.29) is 6.04 Å². The maximum absolute atomic E-state index is 8.70. The molecule has 2 rings (SSSR count). The molecule has 1 atom stereocenters. The normalized spacial score (nSPS) is 12.0. The first-order chi connectivity index (χ1) is 8.29. The number of aromatic nitrogens is 2. The van der Waals surface area contributed by atoms with Gasteiger partial charge in [0.2, 0.25) is 6.39 Å². The van der Waals surface area contributed by atoms with Gasteiger partial charge in [-0.15, -0.1) is 0 Å². The van der Waals surface area contributed by atoms with Crippen molar-refractivity contribution in [2.45, 2.75) is 19.5 Å². The minimum absolute atomic E-state index is 0.168. The second-order valence-electron chi connectivity index (χ2n) is 3.68. The van der Waals surface area contributed by atoms with Crippen LogP contribution in [0.3, 0.4) is 0 Å². The maximum atomic E-state index is 8.70. The van der Waals surface area contributed by atoms with E-state index in [1.165, 1.54) is 6.39 Å². The van der Waals surface area contributed by atoms with Gasteiger partial charge in [-0.1, -0.05) is 17.3 Å². The Labute approximate surface area is 99.1 Å². The summed E-state index contributed by atoms with van der Waals surface area (Å²) in [6.45, 7) is 2.60. The molecule has 1 unspecified atom stereocenters. The molecule has 0 saturated heterocycles. The van der Waals surface area contributed by atoms with Crippen molar-refractivity contribution in [1.82, 2.24) is 15.5 Å². The smallest absolute Gasteiger partial charge is 0.213 e. The fourth-order valence-corrected chi connectivity index (χ4v) is 1.48. The average Bonchev–Trinajstić information content (AvgIpc) is 2.89. The summed E-state index contributed by atoms with van der Waals surface area (Å²) < 4.78 is 4.65. The molecule has 17 heavy (non-hydrogen) atoms. The molecular formula is C12H12N4O. The number of hydrogen-bond acceptors (Lipinski definition) is 5. The Kier molecular flexibility index (Phi) is 3.48. The SMILES string of the molecule is CC(NCc1ncon1)c1ccc(C#N)cc1. The predicted octanol–water partition coefficient (Wildman–Crippen LogP) is 1.79. The van der Waals surface area contributed by atoms with E-state index < -0.39 is 0 Å². The molecule has 5 heteroatoms. The van der Waals surface area contributed by atoms with Crippen molar-refractivity contribution < 1.29 is 4.52 Å². The van der Waals surface area contributed by atoms with Gasteiger partial charge in [0.05, 0.1) is 18.2 Å². The fourth-order valence-electron chi connectivity index (χ4n) is 1.48. The second kappa shape index (κ2) is 5.23. The largest absolute Gasteiger partial charge is 0.343 e. The third kappa shape index (κ3) is 2.89. The molecule has 0 amide bonds. The van der Waals surface area contributed by atoms with Crippen LogP contribution in [0, 0.1) is 11.3 Å². The molecule has 0 saturated carbocycles. The number of hydrogen-bond donors (Lipinski definition) is 1. The van der Waals surface area contributed by atoms with Crippen molar-refractivity contribution in [2.75, 3.05) is 0 Å². The van der Waals surface area contributed by atoms with Crippen LogP contribution < -0.4 is 5.32 Å². The van der Waals surface area contributed by atoms with Gasteiger partial charge in [0, 0.05) is 6.04 Å². The Morgan fingerprint density at radius 1 is 1.41 bits per heavy atom. The molecule has 0 aliphatic carbocycles. The minimum atomic E-state index is 0.168. The van der Waals surface area contributed by atoms with Crippen LogP contribution >= 0.6 is 0 Å². The molecule has 0 spiro atoms. The van der Waals surface area contributed by atoms with Gasteiger partial charge in [0.15, 0.2) is 5.82 Å². The number of nitriles is 1. The summed E-state index contributed by atoms with van der Waals surface area (Å²) in [5, 5.41) is 15.7. The highest BCUT2D eigenvalue weighted by Crippen LogP contribution is 2.13. The van der Waals surface area contributed by atoms with Crippen molar-refractivity contribution in [3.63, 3.8) is 0 Å². The van der Waals surface area contributed by atoms with E-state index in [1.54, 1.807) is 0 Å². The van der Waals surface area contributed by atoms with Gasteiger partial charge in [0.1, 0.15) is 0 Å². The predicted molar refractivity (Wildman–Crippen MR) is 60.7 cm³/mol. The molecule has 1 heterocycles. The summed E-state index contributed by atoms with van der Waals surface area (Å²) in [6, 6.07) is 9.75. The quantitative estimate of drug-likeness (QED) is 0.863. The first kappa shape index (κ1) is 11.3. The van der Waals surface area contributed by atoms with Crippen molar-refractivity contribution in [1.29, 1.82) is 5.26 Å². The summed E-state index contributed by atoms with van der Waals surface area (Å²) in [5.41, 5.74) is 1.78. The Morgan fingerprint density at radius 2 is 2.18 bits per heavy atom. The lowest BCUT2D eigenvalue weighted by atomic mass is 10.1. The zero-order valence-corrected chi connectivity index (χ0v) is 9.42. The van der Waals surface area contributed by atoms with E-state index in [0.717, 1.165) is 5.56 Å². The third-order valence-electron chi connectivity index (χ3n) is 2.51. The molecule has 5 nitrogen and oxygen atoms in total. The van der Waals surface area contributed by atoms with Gasteiger partial charge in [-0.25, -0.2) is 0 Å². The lowest BCUT2D eigenvalue weighted by molar-refractivity contribution is 0.405. The molecule has 0 aliphatic rings. The fraction of sp³-hybridized carbons (Fsp3) is 0.250. The molecule has 1 N–H and O–H groups in total. The van der Waals surface area contributed by atoms with Gasteiger partial charge in [-0.2, -0.15) is 10.2 Å². The summed E-state index contributed by atoms with van der Waals surface area (Å²) in [7, 11) is 0. The molecule has 86 valence electrons. The molecule has 2 aromatic rings. The van der Waals surface area contributed by atoms with Gasteiger partial charge in [-0.05, 0) is 24.6 Å². The molecular weight excluding hydrogens is 216 g/mol. The van der Waals surface area contributed by atoms with Crippen LogP contribution in [0.5, 0.6) is 0 Å². The van der Waals surface area contributed by atoms with Gasteiger partial charge in [-0.3, -0.25) is 0 Å². The van der Waals surface area contributed by atoms with Gasteiger partial charge in [0.25, 0.3) is 0 Å². The Balaban J connectivity index is 1.95. The topological polar surface area (TPSA) is 74.7 Å². The third-order valence-corrected chi connectivity index (χ3v) is 2.51. The highest BCUT2D eigenvalue weighted by atomic mass is 16.5. The summed E-state index contributed by atoms with van der Waals surface area (Å²) in [6.07, 6.45) is 1.31. The minimum Gasteiger partial charge on any atom is -0.343 e. The highest BCUT2D eigenvalue weighted by molar-refractivity contribution is 5.32. The monoisotopic (exact) mass is 228 g/mol. The zero-order chi connectivity index (χ0) is 12.1. The molecule has 1 aromatic carbocycles. The zero-order valence-electron chi connectivity index (χ0n) is 9.42. The van der Waals surface area contributed by atoms with E-state index in [1.807, 2.05) is 31.2 Å². The van der Waals surface area contributed by atoms with Crippen LogP contribution in [0.15, 0.2) is 35.2 Å². The standard InChI is InChI=1S/C12H12N4O/c1-9(14-7-12-15-8-17-16-12)11-4-2-10(6-13)3-5-11/h2-5,8-9,14H,7H2,1H3. The van der Waals surface area contributed by atoms with Crippen LogP contribution in [0.25, 0.3) is 0 Å². The van der Waals surface area contributed by atoms with Crippen molar-refractivity contribution in [3.8, 4) is 6.07 Å². The molecule has 0 fully saturated rings. The lowest BCUT2D eigenvalue weighted by Crippen LogP contribution is -2.18.